The fourth-order valence-corrected chi connectivity index (χ4v) is 2.68. The summed E-state index contributed by atoms with van der Waals surface area (Å²) in [4.78, 5) is 11.3. The van der Waals surface area contributed by atoms with E-state index in [4.69, 9.17) is 0 Å². The molecule has 1 heterocycles. The molecule has 1 aliphatic carbocycles. The largest absolute Gasteiger partial charge is 0.393 e. The standard InChI is InChI=1S/C10H17NO2/c12-8-3-1-5-10(7-8)6-2-4-9(13)11-10/h8,12H,1-7H2,(H,11,13)/t8-,10-/m1/s1. The lowest BCUT2D eigenvalue weighted by Gasteiger charge is -2.42. The minimum atomic E-state index is -0.202. The first-order valence-electron chi connectivity index (χ1n) is 5.19. The van der Waals surface area contributed by atoms with Crippen LogP contribution in [0.3, 0.4) is 0 Å². The summed E-state index contributed by atoms with van der Waals surface area (Å²) < 4.78 is 0. The number of rotatable bonds is 0. The Hall–Kier alpha value is -0.570. The van der Waals surface area contributed by atoms with Crippen molar-refractivity contribution in [1.82, 2.24) is 5.32 Å². The average molecular weight is 183 g/mol. The minimum absolute atomic E-state index is 0.0486. The van der Waals surface area contributed by atoms with E-state index in [1.54, 1.807) is 0 Å². The molecule has 3 heteroatoms. The monoisotopic (exact) mass is 183 g/mol. The van der Waals surface area contributed by atoms with Crippen molar-refractivity contribution in [1.29, 1.82) is 0 Å². The Morgan fingerprint density at radius 1 is 1.38 bits per heavy atom. The van der Waals surface area contributed by atoms with Crippen LogP contribution in [0.2, 0.25) is 0 Å². The summed E-state index contributed by atoms with van der Waals surface area (Å²) in [6.45, 7) is 0. The SMILES string of the molecule is O=C1CCC[C@@]2(CCC[C@@H](O)C2)N1. The van der Waals surface area contributed by atoms with Gasteiger partial charge in [0.1, 0.15) is 0 Å². The van der Waals surface area contributed by atoms with Crippen molar-refractivity contribution in [3.8, 4) is 0 Å². The van der Waals surface area contributed by atoms with E-state index in [-0.39, 0.29) is 17.6 Å². The number of carbonyl (C=O) groups is 1. The first-order valence-corrected chi connectivity index (χ1v) is 5.19. The van der Waals surface area contributed by atoms with E-state index < -0.39 is 0 Å². The molecule has 2 atom stereocenters. The molecule has 0 unspecified atom stereocenters. The quantitative estimate of drug-likeness (QED) is 0.587. The van der Waals surface area contributed by atoms with Crippen LogP contribution < -0.4 is 5.32 Å². The fraction of sp³-hybridized carbons (Fsp3) is 0.900. The van der Waals surface area contributed by atoms with Crippen molar-refractivity contribution < 1.29 is 9.90 Å². The third-order valence-corrected chi connectivity index (χ3v) is 3.28. The normalized spacial score (nSPS) is 40.4. The maximum absolute atomic E-state index is 11.3. The molecule has 1 spiro atoms. The Kier molecular flexibility index (Phi) is 2.28. The molecular weight excluding hydrogens is 166 g/mol. The van der Waals surface area contributed by atoms with Crippen LogP contribution >= 0.6 is 0 Å². The molecule has 2 N–H and O–H groups in total. The molecule has 1 saturated heterocycles. The molecule has 1 amide bonds. The second kappa shape index (κ2) is 3.29. The summed E-state index contributed by atoms with van der Waals surface area (Å²) in [7, 11) is 0. The third kappa shape index (κ3) is 1.85. The van der Waals surface area contributed by atoms with Gasteiger partial charge in [0.05, 0.1) is 6.10 Å². The first-order chi connectivity index (χ1) is 6.20. The van der Waals surface area contributed by atoms with Gasteiger partial charge in [-0.3, -0.25) is 4.79 Å². The van der Waals surface area contributed by atoms with E-state index in [0.717, 1.165) is 38.5 Å². The number of hydrogen-bond donors (Lipinski definition) is 2. The fourth-order valence-electron chi connectivity index (χ4n) is 2.68. The zero-order valence-electron chi connectivity index (χ0n) is 7.88. The van der Waals surface area contributed by atoms with Gasteiger partial charge in [-0.15, -0.1) is 0 Å². The van der Waals surface area contributed by atoms with Crippen LogP contribution in [0.4, 0.5) is 0 Å². The number of carbonyl (C=O) groups excluding carboxylic acids is 1. The Labute approximate surface area is 78.5 Å². The van der Waals surface area contributed by atoms with E-state index in [9.17, 15) is 9.90 Å². The zero-order chi connectivity index (χ0) is 9.31. The Balaban J connectivity index is 2.04. The van der Waals surface area contributed by atoms with Crippen LogP contribution in [0.1, 0.15) is 44.9 Å². The summed E-state index contributed by atoms with van der Waals surface area (Å²) in [5, 5.41) is 12.6. The molecule has 0 aromatic carbocycles. The molecule has 0 aromatic rings. The Morgan fingerprint density at radius 3 is 2.85 bits per heavy atom. The maximum atomic E-state index is 11.3. The van der Waals surface area contributed by atoms with Gasteiger partial charge in [-0.05, 0) is 38.5 Å². The van der Waals surface area contributed by atoms with Gasteiger partial charge in [0, 0.05) is 12.0 Å². The van der Waals surface area contributed by atoms with Crippen LogP contribution in [0.25, 0.3) is 0 Å². The van der Waals surface area contributed by atoms with E-state index in [1.807, 2.05) is 0 Å². The second-order valence-corrected chi connectivity index (χ2v) is 4.43. The summed E-state index contributed by atoms with van der Waals surface area (Å²) in [5.41, 5.74) is -0.0486. The molecule has 74 valence electrons. The number of amides is 1. The van der Waals surface area contributed by atoms with Crippen molar-refractivity contribution in [3.63, 3.8) is 0 Å². The lowest BCUT2D eigenvalue weighted by Crippen LogP contribution is -2.54. The van der Waals surface area contributed by atoms with E-state index in [1.165, 1.54) is 0 Å². The van der Waals surface area contributed by atoms with Crippen LogP contribution in [0.5, 0.6) is 0 Å². The molecule has 2 fully saturated rings. The predicted molar refractivity (Wildman–Crippen MR) is 49.2 cm³/mol. The summed E-state index contributed by atoms with van der Waals surface area (Å²) >= 11 is 0. The highest BCUT2D eigenvalue weighted by molar-refractivity contribution is 5.77. The van der Waals surface area contributed by atoms with E-state index >= 15 is 0 Å². The maximum Gasteiger partial charge on any atom is 0.220 e. The summed E-state index contributed by atoms with van der Waals surface area (Å²) in [5.74, 6) is 0.167. The van der Waals surface area contributed by atoms with Gasteiger partial charge in [-0.25, -0.2) is 0 Å². The van der Waals surface area contributed by atoms with Crippen LogP contribution in [0, 0.1) is 0 Å². The van der Waals surface area contributed by atoms with Crippen molar-refractivity contribution >= 4 is 5.91 Å². The Bertz CT molecular complexity index is 213. The van der Waals surface area contributed by atoms with Crippen molar-refractivity contribution in [2.75, 3.05) is 0 Å². The summed E-state index contributed by atoms with van der Waals surface area (Å²) in [6, 6.07) is 0. The van der Waals surface area contributed by atoms with Gasteiger partial charge in [0.25, 0.3) is 0 Å². The Morgan fingerprint density at radius 2 is 2.15 bits per heavy atom. The summed E-state index contributed by atoms with van der Waals surface area (Å²) in [6.07, 6.45) is 6.26. The van der Waals surface area contributed by atoms with E-state index in [2.05, 4.69) is 5.32 Å². The van der Waals surface area contributed by atoms with Gasteiger partial charge >= 0.3 is 0 Å². The molecule has 2 aliphatic rings. The third-order valence-electron chi connectivity index (χ3n) is 3.28. The molecule has 1 saturated carbocycles. The second-order valence-electron chi connectivity index (χ2n) is 4.43. The average Bonchev–Trinajstić information content (AvgIpc) is 2.02. The van der Waals surface area contributed by atoms with Gasteiger partial charge in [-0.1, -0.05) is 0 Å². The van der Waals surface area contributed by atoms with E-state index in [0.29, 0.717) is 6.42 Å². The van der Waals surface area contributed by atoms with Crippen LogP contribution in [-0.4, -0.2) is 22.7 Å². The van der Waals surface area contributed by atoms with Crippen LogP contribution in [0.15, 0.2) is 0 Å². The smallest absolute Gasteiger partial charge is 0.220 e. The molecule has 2 rings (SSSR count). The topological polar surface area (TPSA) is 49.3 Å². The lowest BCUT2D eigenvalue weighted by molar-refractivity contribution is -0.126. The van der Waals surface area contributed by atoms with Gasteiger partial charge < -0.3 is 10.4 Å². The zero-order valence-corrected chi connectivity index (χ0v) is 7.88. The molecular formula is C10H17NO2. The molecule has 13 heavy (non-hydrogen) atoms. The predicted octanol–water partition coefficient (Wildman–Crippen LogP) is 0.960. The number of aliphatic hydroxyl groups excluding tert-OH is 1. The highest BCUT2D eigenvalue weighted by Gasteiger charge is 2.38. The molecule has 1 aliphatic heterocycles. The van der Waals surface area contributed by atoms with Crippen molar-refractivity contribution in [3.05, 3.63) is 0 Å². The first kappa shape index (κ1) is 9.00. The van der Waals surface area contributed by atoms with Gasteiger partial charge in [-0.2, -0.15) is 0 Å². The molecule has 0 bridgehead atoms. The number of nitrogens with one attached hydrogen (secondary N) is 1. The highest BCUT2D eigenvalue weighted by atomic mass is 16.3. The lowest BCUT2D eigenvalue weighted by atomic mass is 9.75. The minimum Gasteiger partial charge on any atom is -0.393 e. The van der Waals surface area contributed by atoms with Gasteiger partial charge in [0.15, 0.2) is 0 Å². The number of aliphatic hydroxyl groups is 1. The molecule has 3 nitrogen and oxygen atoms in total. The molecule has 0 aromatic heterocycles. The van der Waals surface area contributed by atoms with Crippen molar-refractivity contribution in [2.45, 2.75) is 56.6 Å². The highest BCUT2D eigenvalue weighted by Crippen LogP contribution is 2.34. The number of hydrogen-bond acceptors (Lipinski definition) is 2. The van der Waals surface area contributed by atoms with Gasteiger partial charge in [0.2, 0.25) is 5.91 Å². The number of piperidine rings is 1. The van der Waals surface area contributed by atoms with Crippen LogP contribution in [-0.2, 0) is 4.79 Å². The van der Waals surface area contributed by atoms with Crippen molar-refractivity contribution in [2.24, 2.45) is 0 Å². The molecule has 0 radical (unpaired) electrons.